The molecule has 128 valence electrons. The van der Waals surface area contributed by atoms with Gasteiger partial charge in [0.1, 0.15) is 5.75 Å². The molecule has 2 aromatic rings. The van der Waals surface area contributed by atoms with E-state index in [0.717, 1.165) is 5.56 Å². The fraction of sp³-hybridized carbons (Fsp3) is 0.211. The van der Waals surface area contributed by atoms with Gasteiger partial charge in [-0.3, -0.25) is 9.59 Å². The first-order valence-corrected chi connectivity index (χ1v) is 7.61. The first kappa shape index (κ1) is 18.3. The lowest BCUT2D eigenvalue weighted by Crippen LogP contribution is -2.14. The minimum Gasteiger partial charge on any atom is -0.435 e. The minimum atomic E-state index is -2.95. The molecule has 0 aliphatic carbocycles. The average Bonchev–Trinajstić information content (AvgIpc) is 2.61. The Bertz CT molecular complexity index is 795. The summed E-state index contributed by atoms with van der Waals surface area (Å²) in [5.41, 5.74) is 1.23. The molecule has 0 spiro atoms. The van der Waals surface area contributed by atoms with Crippen molar-refractivity contribution in [2.75, 3.05) is 0 Å². The smallest absolute Gasteiger partial charge is 0.387 e. The zero-order valence-electron chi connectivity index (χ0n) is 13.2. The van der Waals surface area contributed by atoms with E-state index < -0.39 is 18.2 Å². The number of alkyl halides is 2. The highest BCUT2D eigenvalue weighted by atomic mass is 19.3. The quantitative estimate of drug-likeness (QED) is 0.409. The van der Waals surface area contributed by atoms with Crippen molar-refractivity contribution in [1.29, 1.82) is 5.26 Å². The number of Topliss-reactive ketones (excluding diaryl/α,β-unsaturated/α-hetero) is 2. The summed E-state index contributed by atoms with van der Waals surface area (Å²) in [5, 5.41) is 8.55. The van der Waals surface area contributed by atoms with Crippen molar-refractivity contribution in [3.8, 4) is 11.8 Å². The molecule has 0 aliphatic heterocycles. The normalized spacial score (nSPS) is 10.3. The van der Waals surface area contributed by atoms with Crippen LogP contribution >= 0.6 is 0 Å². The fourth-order valence-corrected chi connectivity index (χ4v) is 2.29. The van der Waals surface area contributed by atoms with Gasteiger partial charge in [-0.15, -0.1) is 0 Å². The molecular formula is C19H15F2NO3. The molecule has 0 saturated carbocycles. The Balaban J connectivity index is 2.10. The van der Waals surface area contributed by atoms with Crippen LogP contribution < -0.4 is 4.74 Å². The molecule has 0 N–H and O–H groups in total. The first-order chi connectivity index (χ1) is 12.0. The van der Waals surface area contributed by atoms with Crippen LogP contribution in [0, 0.1) is 11.3 Å². The van der Waals surface area contributed by atoms with Gasteiger partial charge >= 0.3 is 6.61 Å². The predicted octanol–water partition coefficient (Wildman–Crippen LogP) is 4.20. The van der Waals surface area contributed by atoms with Gasteiger partial charge < -0.3 is 4.74 Å². The molecule has 0 radical (unpaired) electrons. The standard InChI is InChI=1S/C19H15F2NO3/c20-19(21)25-16-9-7-14(8-10-16)17(23)18(24)15-6-3-5-13(12-15)4-1-2-11-22/h3,5-10,12,19H,1-2,4H2. The molecule has 0 aliphatic rings. The van der Waals surface area contributed by atoms with Crippen molar-refractivity contribution in [2.45, 2.75) is 25.9 Å². The molecule has 0 fully saturated rings. The van der Waals surface area contributed by atoms with Gasteiger partial charge in [0, 0.05) is 17.5 Å². The van der Waals surface area contributed by atoms with E-state index >= 15 is 0 Å². The van der Waals surface area contributed by atoms with Crippen molar-refractivity contribution in [2.24, 2.45) is 0 Å². The Labute approximate surface area is 143 Å². The third-order valence-corrected chi connectivity index (χ3v) is 3.49. The summed E-state index contributed by atoms with van der Waals surface area (Å²) in [6.07, 6.45) is 1.74. The van der Waals surface area contributed by atoms with Gasteiger partial charge in [0.15, 0.2) is 0 Å². The molecule has 0 amide bonds. The van der Waals surface area contributed by atoms with E-state index in [2.05, 4.69) is 10.8 Å². The maximum Gasteiger partial charge on any atom is 0.387 e. The van der Waals surface area contributed by atoms with Gasteiger partial charge in [-0.2, -0.15) is 14.0 Å². The Morgan fingerprint density at radius 2 is 1.72 bits per heavy atom. The Kier molecular flexibility index (Phi) is 6.35. The van der Waals surface area contributed by atoms with Crippen LogP contribution in [0.2, 0.25) is 0 Å². The summed E-state index contributed by atoms with van der Waals surface area (Å²) in [6, 6.07) is 13.7. The van der Waals surface area contributed by atoms with E-state index in [9.17, 15) is 18.4 Å². The molecule has 2 aromatic carbocycles. The molecule has 6 heteroatoms. The van der Waals surface area contributed by atoms with E-state index in [1.165, 1.54) is 24.3 Å². The predicted molar refractivity (Wildman–Crippen MR) is 86.7 cm³/mol. The summed E-state index contributed by atoms with van der Waals surface area (Å²) in [5.74, 6) is -1.49. The molecule has 25 heavy (non-hydrogen) atoms. The number of carbonyl (C=O) groups is 2. The van der Waals surface area contributed by atoms with E-state index in [0.29, 0.717) is 19.3 Å². The SMILES string of the molecule is N#CCCCc1cccc(C(=O)C(=O)c2ccc(OC(F)F)cc2)c1. The zero-order valence-corrected chi connectivity index (χ0v) is 13.2. The second-order valence-electron chi connectivity index (χ2n) is 5.27. The summed E-state index contributed by atoms with van der Waals surface area (Å²) in [7, 11) is 0. The van der Waals surface area contributed by atoms with Crippen LogP contribution in [0.1, 0.15) is 39.1 Å². The maximum atomic E-state index is 12.3. The second kappa shape index (κ2) is 8.69. The molecule has 0 heterocycles. The summed E-state index contributed by atoms with van der Waals surface area (Å²) in [6.45, 7) is -2.95. The van der Waals surface area contributed by atoms with Gasteiger partial charge in [-0.25, -0.2) is 0 Å². The van der Waals surface area contributed by atoms with Crippen LogP contribution in [0.5, 0.6) is 5.75 Å². The van der Waals surface area contributed by atoms with Crippen LogP contribution in [-0.2, 0) is 6.42 Å². The zero-order chi connectivity index (χ0) is 18.2. The Hall–Kier alpha value is -3.07. The lowest BCUT2D eigenvalue weighted by molar-refractivity contribution is -0.0498. The molecule has 2 rings (SSSR count). The Morgan fingerprint density at radius 3 is 2.36 bits per heavy atom. The van der Waals surface area contributed by atoms with E-state index in [1.807, 2.05) is 6.07 Å². The number of nitriles is 1. The van der Waals surface area contributed by atoms with Crippen molar-refractivity contribution < 1.29 is 23.1 Å². The summed E-state index contributed by atoms with van der Waals surface area (Å²) >= 11 is 0. The largest absolute Gasteiger partial charge is 0.435 e. The van der Waals surface area contributed by atoms with Crippen molar-refractivity contribution >= 4 is 11.6 Å². The number of benzene rings is 2. The molecule has 4 nitrogen and oxygen atoms in total. The molecule has 0 atom stereocenters. The minimum absolute atomic E-state index is 0.0847. The molecular weight excluding hydrogens is 328 g/mol. The molecule has 0 saturated heterocycles. The number of unbranched alkanes of at least 4 members (excludes halogenated alkanes) is 1. The van der Waals surface area contributed by atoms with E-state index in [-0.39, 0.29) is 16.9 Å². The highest BCUT2D eigenvalue weighted by Gasteiger charge is 2.19. The second-order valence-corrected chi connectivity index (χ2v) is 5.27. The third kappa shape index (κ3) is 5.21. The lowest BCUT2D eigenvalue weighted by atomic mass is 9.98. The van der Waals surface area contributed by atoms with Crippen LogP contribution in [0.15, 0.2) is 48.5 Å². The van der Waals surface area contributed by atoms with Gasteiger partial charge in [-0.05, 0) is 48.7 Å². The van der Waals surface area contributed by atoms with Gasteiger partial charge in [0.05, 0.1) is 6.07 Å². The number of halogens is 2. The monoisotopic (exact) mass is 343 g/mol. The number of hydrogen-bond donors (Lipinski definition) is 0. The molecule has 0 unspecified atom stereocenters. The molecule has 0 aromatic heterocycles. The number of carbonyl (C=O) groups excluding carboxylic acids is 2. The number of ether oxygens (including phenoxy) is 1. The fourth-order valence-electron chi connectivity index (χ4n) is 2.29. The van der Waals surface area contributed by atoms with Crippen LogP contribution in [0.3, 0.4) is 0 Å². The average molecular weight is 343 g/mol. The topological polar surface area (TPSA) is 67.2 Å². The highest BCUT2D eigenvalue weighted by Crippen LogP contribution is 2.17. The highest BCUT2D eigenvalue weighted by molar-refractivity contribution is 6.49. The van der Waals surface area contributed by atoms with Gasteiger partial charge in [0.25, 0.3) is 0 Å². The van der Waals surface area contributed by atoms with Crippen LogP contribution in [-0.4, -0.2) is 18.2 Å². The number of nitrogens with zero attached hydrogens (tertiary/aromatic N) is 1. The number of aryl methyl sites for hydroxylation is 1. The number of hydrogen-bond acceptors (Lipinski definition) is 4. The third-order valence-electron chi connectivity index (χ3n) is 3.49. The summed E-state index contributed by atoms with van der Waals surface area (Å²) < 4.78 is 28.4. The number of ketones is 2. The van der Waals surface area contributed by atoms with E-state index in [1.54, 1.807) is 18.2 Å². The maximum absolute atomic E-state index is 12.3. The van der Waals surface area contributed by atoms with Gasteiger partial charge in [0.2, 0.25) is 11.6 Å². The van der Waals surface area contributed by atoms with Crippen LogP contribution in [0.4, 0.5) is 8.78 Å². The molecule has 0 bridgehead atoms. The van der Waals surface area contributed by atoms with Crippen molar-refractivity contribution in [1.82, 2.24) is 0 Å². The Morgan fingerprint density at radius 1 is 1.04 bits per heavy atom. The van der Waals surface area contributed by atoms with Gasteiger partial charge in [-0.1, -0.05) is 18.2 Å². The van der Waals surface area contributed by atoms with Crippen LogP contribution in [0.25, 0.3) is 0 Å². The first-order valence-electron chi connectivity index (χ1n) is 7.61. The van der Waals surface area contributed by atoms with Crippen molar-refractivity contribution in [3.63, 3.8) is 0 Å². The number of rotatable bonds is 8. The lowest BCUT2D eigenvalue weighted by Gasteiger charge is -2.06. The van der Waals surface area contributed by atoms with E-state index in [4.69, 9.17) is 5.26 Å². The summed E-state index contributed by atoms with van der Waals surface area (Å²) in [4.78, 5) is 24.6. The van der Waals surface area contributed by atoms with Crippen molar-refractivity contribution in [3.05, 3.63) is 65.2 Å².